The van der Waals surface area contributed by atoms with Crippen molar-refractivity contribution in [2.24, 2.45) is 0 Å². The molecule has 0 spiro atoms. The van der Waals surface area contributed by atoms with Gasteiger partial charge in [0.15, 0.2) is 6.29 Å². The Hall–Kier alpha value is -5.01. The van der Waals surface area contributed by atoms with Gasteiger partial charge in [0.1, 0.15) is 30.3 Å². The van der Waals surface area contributed by atoms with Crippen LogP contribution in [0.3, 0.4) is 0 Å². The van der Waals surface area contributed by atoms with Gasteiger partial charge in [0, 0.05) is 23.8 Å². The summed E-state index contributed by atoms with van der Waals surface area (Å²) in [4.78, 5) is 12.2. The summed E-state index contributed by atoms with van der Waals surface area (Å²) >= 11 is 0. The van der Waals surface area contributed by atoms with Crippen molar-refractivity contribution in [3.63, 3.8) is 0 Å². The smallest absolute Gasteiger partial charge is 0.341 e. The molecule has 0 bridgehead atoms. The van der Waals surface area contributed by atoms with Gasteiger partial charge in [0.05, 0.1) is 7.11 Å². The molecule has 0 aliphatic carbocycles. The Balaban J connectivity index is 1.52. The fourth-order valence-electron chi connectivity index (χ4n) is 3.74. The summed E-state index contributed by atoms with van der Waals surface area (Å²) in [6.45, 7) is 0.626. The van der Waals surface area contributed by atoms with Crippen molar-refractivity contribution in [3.05, 3.63) is 130 Å². The summed E-state index contributed by atoms with van der Waals surface area (Å²) in [5.74, 6) is 12.0. The fourth-order valence-corrected chi connectivity index (χ4v) is 3.74. The average Bonchev–Trinajstić information content (AvgIpc) is 3.01. The van der Waals surface area contributed by atoms with Crippen LogP contribution in [0.15, 0.2) is 97.1 Å². The van der Waals surface area contributed by atoms with Gasteiger partial charge in [-0.2, -0.15) is 0 Å². The van der Waals surface area contributed by atoms with Gasteiger partial charge in [-0.15, -0.1) is 0 Å². The molecule has 0 aromatic heterocycles. The van der Waals surface area contributed by atoms with Crippen molar-refractivity contribution in [2.75, 3.05) is 14.2 Å². The fraction of sp³-hybridized carbons (Fsp3) is 0.147. The number of carbonyl (C=O) groups is 1. The molecule has 200 valence electrons. The van der Waals surface area contributed by atoms with E-state index in [1.807, 2.05) is 60.7 Å². The molecule has 40 heavy (non-hydrogen) atoms. The first kappa shape index (κ1) is 28.0. The molecule has 1 atom stereocenters. The lowest BCUT2D eigenvalue weighted by atomic mass is 10.1. The number of aliphatic hydroxyl groups excluding tert-OH is 1. The van der Waals surface area contributed by atoms with Crippen molar-refractivity contribution in [3.8, 4) is 35.2 Å². The van der Waals surface area contributed by atoms with E-state index in [0.29, 0.717) is 47.0 Å². The Bertz CT molecular complexity index is 1560. The summed E-state index contributed by atoms with van der Waals surface area (Å²) in [7, 11) is 2.75. The molecule has 6 heteroatoms. The largest absolute Gasteiger partial charge is 0.488 e. The van der Waals surface area contributed by atoms with Gasteiger partial charge in [-0.3, -0.25) is 0 Å². The number of hydrogen-bond donors (Lipinski definition) is 1. The third kappa shape index (κ3) is 7.75. The second-order valence-electron chi connectivity index (χ2n) is 8.59. The van der Waals surface area contributed by atoms with Crippen molar-refractivity contribution in [2.45, 2.75) is 19.5 Å². The van der Waals surface area contributed by atoms with Crippen molar-refractivity contribution in [1.82, 2.24) is 0 Å². The topological polar surface area (TPSA) is 74.2 Å². The predicted molar refractivity (Wildman–Crippen MR) is 151 cm³/mol. The SMILES string of the molecule is COC(=O)c1ccc(C#CC#Cc2ccc(C(O)OC)c(OCc3ccccc3)c2)cc1OCc1ccccc1. The number of methoxy groups -OCH3 is 2. The van der Waals surface area contributed by atoms with Crippen LogP contribution in [0.25, 0.3) is 0 Å². The number of aliphatic hydroxyl groups is 1. The molecule has 0 aliphatic rings. The highest BCUT2D eigenvalue weighted by Gasteiger charge is 2.15. The molecule has 1 N–H and O–H groups in total. The monoisotopic (exact) mass is 532 g/mol. The predicted octanol–water partition coefficient (Wildman–Crippen LogP) is 5.67. The zero-order chi connectivity index (χ0) is 28.2. The van der Waals surface area contributed by atoms with Gasteiger partial charge in [0.25, 0.3) is 0 Å². The van der Waals surface area contributed by atoms with E-state index in [4.69, 9.17) is 18.9 Å². The second-order valence-corrected chi connectivity index (χ2v) is 8.59. The van der Waals surface area contributed by atoms with Gasteiger partial charge in [-0.05, 0) is 59.4 Å². The molecular weight excluding hydrogens is 504 g/mol. The number of hydrogen-bond acceptors (Lipinski definition) is 6. The molecule has 4 aromatic carbocycles. The molecule has 0 radical (unpaired) electrons. The summed E-state index contributed by atoms with van der Waals surface area (Å²) in [5.41, 5.74) is 4.08. The molecule has 4 rings (SSSR count). The normalized spacial score (nSPS) is 10.8. The maximum atomic E-state index is 12.2. The van der Waals surface area contributed by atoms with E-state index < -0.39 is 12.3 Å². The molecule has 0 saturated carbocycles. The lowest BCUT2D eigenvalue weighted by molar-refractivity contribution is -0.0784. The summed E-state index contributed by atoms with van der Waals surface area (Å²) in [5, 5.41) is 10.2. The zero-order valence-electron chi connectivity index (χ0n) is 22.2. The van der Waals surface area contributed by atoms with E-state index >= 15 is 0 Å². The van der Waals surface area contributed by atoms with Crippen LogP contribution in [0.5, 0.6) is 11.5 Å². The van der Waals surface area contributed by atoms with Crippen molar-refractivity contribution < 1.29 is 28.8 Å². The molecule has 0 amide bonds. The van der Waals surface area contributed by atoms with Crippen molar-refractivity contribution >= 4 is 5.97 Å². The Morgan fingerprint density at radius 2 is 1.25 bits per heavy atom. The van der Waals surface area contributed by atoms with Gasteiger partial charge in [0.2, 0.25) is 0 Å². The van der Waals surface area contributed by atoms with Crippen LogP contribution in [0.1, 0.15) is 44.5 Å². The first-order valence-electron chi connectivity index (χ1n) is 12.5. The lowest BCUT2D eigenvalue weighted by Gasteiger charge is -2.15. The van der Waals surface area contributed by atoms with Crippen molar-refractivity contribution in [1.29, 1.82) is 0 Å². The van der Waals surface area contributed by atoms with Gasteiger partial charge in [-0.25, -0.2) is 4.79 Å². The number of carbonyl (C=O) groups excluding carboxylic acids is 1. The molecule has 4 aromatic rings. The number of rotatable bonds is 9. The summed E-state index contributed by atoms with van der Waals surface area (Å²) in [6.07, 6.45) is -1.13. The van der Waals surface area contributed by atoms with Crippen LogP contribution in [0, 0.1) is 23.7 Å². The van der Waals surface area contributed by atoms with Crippen LogP contribution in [0.2, 0.25) is 0 Å². The third-order valence-corrected chi connectivity index (χ3v) is 5.84. The minimum Gasteiger partial charge on any atom is -0.488 e. The highest BCUT2D eigenvalue weighted by Crippen LogP contribution is 2.28. The minimum absolute atomic E-state index is 0.296. The third-order valence-electron chi connectivity index (χ3n) is 5.84. The Labute approximate surface area is 234 Å². The van der Waals surface area contributed by atoms with E-state index in [0.717, 1.165) is 11.1 Å². The first-order chi connectivity index (χ1) is 19.6. The molecule has 0 aliphatic heterocycles. The molecule has 0 heterocycles. The maximum absolute atomic E-state index is 12.2. The maximum Gasteiger partial charge on any atom is 0.341 e. The van der Waals surface area contributed by atoms with E-state index in [2.05, 4.69) is 23.7 Å². The summed E-state index contributed by atoms with van der Waals surface area (Å²) in [6, 6.07) is 29.6. The van der Waals surface area contributed by atoms with Crippen LogP contribution >= 0.6 is 0 Å². The minimum atomic E-state index is -1.13. The molecular formula is C34H28O6. The average molecular weight is 533 g/mol. The number of esters is 1. The first-order valence-corrected chi connectivity index (χ1v) is 12.5. The second kappa shape index (κ2) is 14.2. The van der Waals surface area contributed by atoms with E-state index in [-0.39, 0.29) is 0 Å². The number of benzene rings is 4. The van der Waals surface area contributed by atoms with E-state index in [1.165, 1.54) is 14.2 Å². The Morgan fingerprint density at radius 1 is 0.725 bits per heavy atom. The Kier molecular flexibility index (Phi) is 9.96. The highest BCUT2D eigenvalue weighted by molar-refractivity contribution is 5.92. The molecule has 0 saturated heterocycles. The van der Waals surface area contributed by atoms with Crippen LogP contribution in [0.4, 0.5) is 0 Å². The Morgan fingerprint density at radius 3 is 1.80 bits per heavy atom. The standard InChI is InChI=1S/C34H28O6/c1-37-33(35)29-19-17-25(21-31(29)39-23-27-13-5-3-6-14-27)11-9-10-12-26-18-20-30(34(36)38-2)32(22-26)40-24-28-15-7-4-8-16-28/h3-8,13-22,33,35H,23-24H2,1-2H3. The van der Waals surface area contributed by atoms with Gasteiger partial charge >= 0.3 is 5.97 Å². The van der Waals surface area contributed by atoms with Crippen LogP contribution in [-0.2, 0) is 22.7 Å². The van der Waals surface area contributed by atoms with E-state index in [9.17, 15) is 9.90 Å². The number of ether oxygens (including phenoxy) is 4. The molecule has 6 nitrogen and oxygen atoms in total. The highest BCUT2D eigenvalue weighted by atomic mass is 16.6. The van der Waals surface area contributed by atoms with Gasteiger partial charge < -0.3 is 24.1 Å². The molecule has 0 fully saturated rings. The van der Waals surface area contributed by atoms with Crippen LogP contribution in [-0.4, -0.2) is 25.3 Å². The van der Waals surface area contributed by atoms with E-state index in [1.54, 1.807) is 36.4 Å². The molecule has 1 unspecified atom stereocenters. The lowest BCUT2D eigenvalue weighted by Crippen LogP contribution is -2.06. The quantitative estimate of drug-likeness (QED) is 0.170. The van der Waals surface area contributed by atoms with Crippen LogP contribution < -0.4 is 9.47 Å². The summed E-state index contributed by atoms with van der Waals surface area (Å²) < 4.78 is 21.9. The zero-order valence-corrected chi connectivity index (χ0v) is 22.2. The van der Waals surface area contributed by atoms with Gasteiger partial charge in [-0.1, -0.05) is 72.5 Å².